The molecule has 2 saturated heterocycles. The first kappa shape index (κ1) is 23.7. The maximum atomic E-state index is 13.3. The van der Waals surface area contributed by atoms with Crippen molar-refractivity contribution in [3.63, 3.8) is 0 Å². The van der Waals surface area contributed by atoms with Crippen molar-refractivity contribution < 1.29 is 4.79 Å². The van der Waals surface area contributed by atoms with Gasteiger partial charge < -0.3 is 14.7 Å². The van der Waals surface area contributed by atoms with E-state index >= 15 is 0 Å². The van der Waals surface area contributed by atoms with Gasteiger partial charge in [-0.25, -0.2) is 4.98 Å². The van der Waals surface area contributed by atoms with E-state index in [2.05, 4.69) is 23.6 Å². The van der Waals surface area contributed by atoms with Crippen molar-refractivity contribution in [1.82, 2.24) is 14.9 Å². The Morgan fingerprint density at radius 2 is 1.53 bits per heavy atom. The monoisotopic (exact) mass is 501 g/mol. The minimum Gasteiger partial charge on any atom is -0.356 e. The molecule has 0 saturated carbocycles. The lowest BCUT2D eigenvalue weighted by Gasteiger charge is -2.37. The van der Waals surface area contributed by atoms with Crippen LogP contribution in [-0.2, 0) is 13.0 Å². The first-order chi connectivity index (χ1) is 16.4. The molecule has 1 aromatic heterocycles. The fraction of sp³-hybridized carbons (Fsp3) is 0.577. The van der Waals surface area contributed by atoms with Crippen LogP contribution in [0.25, 0.3) is 0 Å². The van der Waals surface area contributed by atoms with Gasteiger partial charge in [0, 0.05) is 50.3 Å². The molecule has 0 atom stereocenters. The molecular formula is C26H33Cl2N5O. The highest BCUT2D eigenvalue weighted by atomic mass is 35.5. The van der Waals surface area contributed by atoms with E-state index in [0.717, 1.165) is 67.5 Å². The number of benzene rings is 1. The molecule has 0 spiro atoms. The minimum absolute atomic E-state index is 0.0310. The Morgan fingerprint density at radius 1 is 0.882 bits per heavy atom. The predicted octanol–water partition coefficient (Wildman–Crippen LogP) is 5.45. The number of anilines is 2. The van der Waals surface area contributed by atoms with Crippen LogP contribution in [-0.4, -0.2) is 53.5 Å². The molecule has 0 bridgehead atoms. The summed E-state index contributed by atoms with van der Waals surface area (Å²) in [7, 11) is 0. The van der Waals surface area contributed by atoms with Gasteiger partial charge in [-0.05, 0) is 55.7 Å². The Hall–Kier alpha value is -2.05. The number of nitrogens with zero attached hydrogens (tertiary/aromatic N) is 5. The molecule has 2 fully saturated rings. The third-order valence-corrected chi connectivity index (χ3v) is 8.37. The van der Waals surface area contributed by atoms with Crippen LogP contribution in [0.15, 0.2) is 18.2 Å². The zero-order chi connectivity index (χ0) is 23.8. The fourth-order valence-electron chi connectivity index (χ4n) is 5.20. The number of piperidine rings is 2. The minimum atomic E-state index is -0.0310. The van der Waals surface area contributed by atoms with Crippen LogP contribution in [0.2, 0.25) is 10.0 Å². The number of hydrogen-bond donors (Lipinski definition) is 0. The van der Waals surface area contributed by atoms with Crippen LogP contribution >= 0.6 is 23.2 Å². The molecule has 0 unspecified atom stereocenters. The second kappa shape index (κ2) is 9.90. The molecule has 34 heavy (non-hydrogen) atoms. The Kier molecular flexibility index (Phi) is 6.90. The van der Waals surface area contributed by atoms with E-state index in [-0.39, 0.29) is 5.91 Å². The second-order valence-electron chi connectivity index (χ2n) is 10.2. The van der Waals surface area contributed by atoms with E-state index < -0.39 is 0 Å². The molecule has 0 aliphatic carbocycles. The number of carbonyl (C=O) groups excluding carboxylic acids is 1. The zero-order valence-corrected chi connectivity index (χ0v) is 21.6. The van der Waals surface area contributed by atoms with Gasteiger partial charge >= 0.3 is 0 Å². The summed E-state index contributed by atoms with van der Waals surface area (Å²) in [6.07, 6.45) is 5.44. The average molecular weight is 502 g/mol. The van der Waals surface area contributed by atoms with Gasteiger partial charge in [0.05, 0.1) is 22.3 Å². The van der Waals surface area contributed by atoms with E-state index in [1.54, 1.807) is 18.2 Å². The normalized spacial score (nSPS) is 19.9. The third kappa shape index (κ3) is 4.85. The van der Waals surface area contributed by atoms with E-state index in [9.17, 15) is 4.79 Å². The molecule has 3 aliphatic heterocycles. The van der Waals surface area contributed by atoms with E-state index in [4.69, 9.17) is 33.2 Å². The highest BCUT2D eigenvalue weighted by molar-refractivity contribution is 6.42. The van der Waals surface area contributed by atoms with Crippen molar-refractivity contribution in [1.29, 1.82) is 0 Å². The van der Waals surface area contributed by atoms with Crippen molar-refractivity contribution in [2.45, 2.75) is 52.5 Å². The highest BCUT2D eigenvalue weighted by Crippen LogP contribution is 2.33. The molecule has 182 valence electrons. The number of hydrogen-bond acceptors (Lipinski definition) is 5. The number of aromatic nitrogens is 2. The van der Waals surface area contributed by atoms with Gasteiger partial charge in [0.1, 0.15) is 5.82 Å². The molecule has 1 amide bonds. The smallest absolute Gasteiger partial charge is 0.254 e. The third-order valence-electron chi connectivity index (χ3n) is 7.63. The number of halogens is 2. The summed E-state index contributed by atoms with van der Waals surface area (Å²) in [5, 5.41) is 0.855. The lowest BCUT2D eigenvalue weighted by molar-refractivity contribution is 0.0733. The Morgan fingerprint density at radius 3 is 2.18 bits per heavy atom. The number of amides is 1. The topological polar surface area (TPSA) is 52.6 Å². The first-order valence-electron chi connectivity index (χ1n) is 12.5. The van der Waals surface area contributed by atoms with Gasteiger partial charge in [-0.15, -0.1) is 0 Å². The number of carbonyl (C=O) groups is 1. The molecule has 1 aromatic carbocycles. The molecule has 0 N–H and O–H groups in total. The van der Waals surface area contributed by atoms with Gasteiger partial charge in [-0.3, -0.25) is 4.79 Å². The van der Waals surface area contributed by atoms with Crippen molar-refractivity contribution >= 4 is 40.9 Å². The summed E-state index contributed by atoms with van der Waals surface area (Å²) in [6, 6.07) is 5.09. The van der Waals surface area contributed by atoms with Crippen molar-refractivity contribution in [3.05, 3.63) is 45.1 Å². The summed E-state index contributed by atoms with van der Waals surface area (Å²) < 4.78 is 0. The average Bonchev–Trinajstić information content (AvgIpc) is 2.85. The highest BCUT2D eigenvalue weighted by Gasteiger charge is 2.31. The van der Waals surface area contributed by atoms with Gasteiger partial charge in [0.25, 0.3) is 5.91 Å². The first-order valence-corrected chi connectivity index (χ1v) is 13.3. The molecule has 8 heteroatoms. The maximum absolute atomic E-state index is 13.3. The summed E-state index contributed by atoms with van der Waals surface area (Å²) >= 11 is 12.2. The Balaban J connectivity index is 1.45. The summed E-state index contributed by atoms with van der Waals surface area (Å²) in [4.78, 5) is 30.1. The van der Waals surface area contributed by atoms with Crippen molar-refractivity contribution in [2.24, 2.45) is 11.8 Å². The predicted molar refractivity (Wildman–Crippen MR) is 138 cm³/mol. The fourth-order valence-corrected chi connectivity index (χ4v) is 5.50. The molecule has 4 heterocycles. The van der Waals surface area contributed by atoms with Crippen LogP contribution in [0.1, 0.15) is 61.1 Å². The van der Waals surface area contributed by atoms with Gasteiger partial charge in [-0.2, -0.15) is 4.98 Å². The van der Waals surface area contributed by atoms with Gasteiger partial charge in [-0.1, -0.05) is 37.0 Å². The molecule has 5 rings (SSSR count). The van der Waals surface area contributed by atoms with Gasteiger partial charge in [0.2, 0.25) is 5.95 Å². The lowest BCUT2D eigenvalue weighted by atomic mass is 9.97. The van der Waals surface area contributed by atoms with Crippen LogP contribution in [0, 0.1) is 11.8 Å². The van der Waals surface area contributed by atoms with Crippen LogP contribution in [0.3, 0.4) is 0 Å². The molecule has 0 radical (unpaired) electrons. The summed E-state index contributed by atoms with van der Waals surface area (Å²) in [6.45, 7) is 9.83. The quantitative estimate of drug-likeness (QED) is 0.559. The van der Waals surface area contributed by atoms with Crippen LogP contribution < -0.4 is 9.80 Å². The zero-order valence-electron chi connectivity index (χ0n) is 20.1. The summed E-state index contributed by atoms with van der Waals surface area (Å²) in [5.74, 6) is 3.36. The van der Waals surface area contributed by atoms with Gasteiger partial charge in [0.15, 0.2) is 0 Å². The standard InChI is InChI=1S/C26H33Cl2N5O/c1-17-5-10-31(11-6-17)24-20-16-33(25(34)19-3-4-21(27)22(28)15-19)14-9-23(20)29-26(30-24)32-12-7-18(2)8-13-32/h3-4,15,17-18H,5-14,16H2,1-2H3. The lowest BCUT2D eigenvalue weighted by Crippen LogP contribution is -2.41. The van der Waals surface area contributed by atoms with Crippen LogP contribution in [0.5, 0.6) is 0 Å². The Bertz CT molecular complexity index is 1060. The SMILES string of the molecule is CC1CCN(c2nc3c(c(N4CCC(C)CC4)n2)CN(C(=O)c2ccc(Cl)c(Cl)c2)CC3)CC1. The van der Waals surface area contributed by atoms with Crippen LogP contribution in [0.4, 0.5) is 11.8 Å². The number of rotatable bonds is 3. The molecule has 3 aliphatic rings. The van der Waals surface area contributed by atoms with Crippen molar-refractivity contribution in [3.8, 4) is 0 Å². The van der Waals surface area contributed by atoms with E-state index in [0.29, 0.717) is 28.7 Å². The maximum Gasteiger partial charge on any atom is 0.254 e. The van der Waals surface area contributed by atoms with E-state index in [1.807, 2.05) is 4.90 Å². The Labute approximate surface area is 212 Å². The second-order valence-corrected chi connectivity index (χ2v) is 11.0. The molecule has 2 aromatic rings. The largest absolute Gasteiger partial charge is 0.356 e. The number of fused-ring (bicyclic) bond motifs is 1. The molecular weight excluding hydrogens is 469 g/mol. The van der Waals surface area contributed by atoms with Crippen molar-refractivity contribution in [2.75, 3.05) is 42.5 Å². The van der Waals surface area contributed by atoms with E-state index in [1.165, 1.54) is 25.7 Å². The molecule has 6 nitrogen and oxygen atoms in total. The summed E-state index contributed by atoms with van der Waals surface area (Å²) in [5.41, 5.74) is 2.75.